The van der Waals surface area contributed by atoms with Crippen molar-refractivity contribution in [3.8, 4) is 0 Å². The van der Waals surface area contributed by atoms with Crippen LogP contribution in [0.15, 0.2) is 47.4 Å². The summed E-state index contributed by atoms with van der Waals surface area (Å²) in [5.74, 6) is -1.56. The molecule has 2 aromatic carbocycles. The predicted octanol–water partition coefficient (Wildman–Crippen LogP) is 5.79. The van der Waals surface area contributed by atoms with Crippen molar-refractivity contribution in [3.63, 3.8) is 0 Å². The van der Waals surface area contributed by atoms with Crippen molar-refractivity contribution in [3.05, 3.63) is 69.3 Å². The maximum absolute atomic E-state index is 13.0. The first-order valence-corrected chi connectivity index (χ1v) is 11.7. The Morgan fingerprint density at radius 3 is 2.56 bits per heavy atom. The van der Waals surface area contributed by atoms with E-state index in [1.54, 1.807) is 6.08 Å². The highest BCUT2D eigenvalue weighted by molar-refractivity contribution is 8.18. The third-order valence-electron chi connectivity index (χ3n) is 5.93. The van der Waals surface area contributed by atoms with Crippen LogP contribution >= 0.6 is 23.4 Å². The van der Waals surface area contributed by atoms with Crippen LogP contribution in [0.1, 0.15) is 31.9 Å². The lowest BCUT2D eigenvalue weighted by atomic mass is 9.88. The molecule has 2 heterocycles. The number of anilines is 2. The van der Waals surface area contributed by atoms with Gasteiger partial charge in [0.1, 0.15) is 12.4 Å². The molecule has 1 N–H and O–H groups in total. The van der Waals surface area contributed by atoms with Gasteiger partial charge in [-0.15, -0.1) is 0 Å². The minimum absolute atomic E-state index is 0.168. The molecule has 0 saturated carbocycles. The summed E-state index contributed by atoms with van der Waals surface area (Å²) in [4.78, 5) is 40.9. The van der Waals surface area contributed by atoms with Crippen molar-refractivity contribution in [1.29, 1.82) is 0 Å². The highest BCUT2D eigenvalue weighted by Gasteiger charge is 2.37. The molecule has 2 aliphatic rings. The molecule has 0 aromatic heterocycles. The van der Waals surface area contributed by atoms with Crippen molar-refractivity contribution in [1.82, 2.24) is 4.90 Å². The Hall–Kier alpha value is -3.10. The fraction of sp³-hybridized carbons (Fsp3) is 0.240. The highest BCUT2D eigenvalue weighted by Crippen LogP contribution is 2.42. The van der Waals surface area contributed by atoms with Crippen LogP contribution in [0.25, 0.3) is 11.6 Å². The van der Waals surface area contributed by atoms with E-state index in [9.17, 15) is 18.8 Å². The van der Waals surface area contributed by atoms with E-state index < -0.39 is 29.4 Å². The standard InChI is InChI=1S/C25H23ClFN3O3S/c1-14-12-25(2,3)29(4)20-11-19(26)15(9-18(14)20)10-21-23(32)30(24(33)34-21)13-22(31)28-17-7-5-16(27)6-8-17/h5-12H,13H2,1-4H3,(H,28,31)/b21-10+. The van der Waals surface area contributed by atoms with Crippen LogP contribution < -0.4 is 10.2 Å². The molecule has 1 fully saturated rings. The molecule has 6 nitrogen and oxygen atoms in total. The van der Waals surface area contributed by atoms with Crippen LogP contribution in [0, 0.1) is 5.82 Å². The predicted molar refractivity (Wildman–Crippen MR) is 135 cm³/mol. The smallest absolute Gasteiger partial charge is 0.294 e. The maximum atomic E-state index is 13.0. The van der Waals surface area contributed by atoms with Gasteiger partial charge in [-0.1, -0.05) is 17.7 Å². The molecule has 0 atom stereocenters. The molecule has 9 heteroatoms. The molecule has 0 spiro atoms. The molecule has 2 aromatic rings. The Balaban J connectivity index is 1.55. The zero-order chi connectivity index (χ0) is 24.8. The summed E-state index contributed by atoms with van der Waals surface area (Å²) in [6.07, 6.45) is 3.75. The van der Waals surface area contributed by atoms with E-state index in [0.29, 0.717) is 16.3 Å². The largest absolute Gasteiger partial charge is 0.365 e. The van der Waals surface area contributed by atoms with Crippen molar-refractivity contribution >= 4 is 63.4 Å². The van der Waals surface area contributed by atoms with Gasteiger partial charge < -0.3 is 10.2 Å². The summed E-state index contributed by atoms with van der Waals surface area (Å²) in [5.41, 5.74) is 3.89. The van der Waals surface area contributed by atoms with Gasteiger partial charge >= 0.3 is 0 Å². The highest BCUT2D eigenvalue weighted by atomic mass is 35.5. The Morgan fingerprint density at radius 2 is 1.88 bits per heavy atom. The molecule has 1 saturated heterocycles. The van der Waals surface area contributed by atoms with Gasteiger partial charge in [0.05, 0.1) is 10.4 Å². The van der Waals surface area contributed by atoms with E-state index in [0.717, 1.165) is 33.5 Å². The Kier molecular flexibility index (Phi) is 6.31. The molecule has 4 rings (SSSR count). The molecule has 0 bridgehead atoms. The van der Waals surface area contributed by atoms with Crippen LogP contribution in [0.3, 0.4) is 0 Å². The number of fused-ring (bicyclic) bond motifs is 1. The Bertz CT molecular complexity index is 1270. The average molecular weight is 500 g/mol. The number of benzene rings is 2. The summed E-state index contributed by atoms with van der Waals surface area (Å²) in [5, 5.41) is 2.46. The second-order valence-electron chi connectivity index (χ2n) is 8.75. The molecular weight excluding hydrogens is 477 g/mol. The number of imide groups is 1. The van der Waals surface area contributed by atoms with Crippen molar-refractivity contribution in [2.75, 3.05) is 23.8 Å². The van der Waals surface area contributed by atoms with Crippen molar-refractivity contribution in [2.24, 2.45) is 0 Å². The van der Waals surface area contributed by atoms with Gasteiger partial charge in [-0.2, -0.15) is 0 Å². The molecule has 0 radical (unpaired) electrons. The monoisotopic (exact) mass is 499 g/mol. The summed E-state index contributed by atoms with van der Waals surface area (Å²) in [6.45, 7) is 5.81. The Labute approximate surface area is 206 Å². The van der Waals surface area contributed by atoms with Crippen LogP contribution in [0.5, 0.6) is 0 Å². The Morgan fingerprint density at radius 1 is 1.21 bits per heavy atom. The number of hydrogen-bond donors (Lipinski definition) is 1. The van der Waals surface area contributed by atoms with Gasteiger partial charge in [0.15, 0.2) is 0 Å². The summed E-state index contributed by atoms with van der Waals surface area (Å²) in [6, 6.07) is 8.97. The molecular formula is C25H23ClFN3O3S. The van der Waals surface area contributed by atoms with Gasteiger partial charge in [0.2, 0.25) is 5.91 Å². The maximum Gasteiger partial charge on any atom is 0.294 e. The quantitative estimate of drug-likeness (QED) is 0.539. The lowest BCUT2D eigenvalue weighted by Gasteiger charge is -2.40. The van der Waals surface area contributed by atoms with E-state index >= 15 is 0 Å². The first kappa shape index (κ1) is 24.0. The minimum Gasteiger partial charge on any atom is -0.365 e. The summed E-state index contributed by atoms with van der Waals surface area (Å²) >= 11 is 7.31. The van der Waals surface area contributed by atoms with Crippen LogP contribution in [0.2, 0.25) is 5.02 Å². The van der Waals surface area contributed by atoms with E-state index in [1.165, 1.54) is 24.3 Å². The van der Waals surface area contributed by atoms with Gasteiger partial charge in [-0.05, 0) is 86.1 Å². The number of halogens is 2. The average Bonchev–Trinajstić information content (AvgIpc) is 3.02. The SMILES string of the molecule is CC1=CC(C)(C)N(C)c2cc(Cl)c(/C=C3/SC(=O)N(CC(=O)Nc4ccc(F)cc4)C3=O)cc21. The number of likely N-dealkylation sites (N-methyl/N-ethyl adjacent to an activating group) is 1. The molecule has 34 heavy (non-hydrogen) atoms. The number of rotatable bonds is 4. The van der Waals surface area contributed by atoms with Gasteiger partial charge in [-0.25, -0.2) is 4.39 Å². The fourth-order valence-electron chi connectivity index (χ4n) is 3.95. The molecule has 0 unspecified atom stereocenters. The van der Waals surface area contributed by atoms with E-state index in [4.69, 9.17) is 11.6 Å². The number of carbonyl (C=O) groups is 3. The number of nitrogens with zero attached hydrogens (tertiary/aromatic N) is 2. The van der Waals surface area contributed by atoms with Crippen LogP contribution in [0.4, 0.5) is 20.6 Å². The topological polar surface area (TPSA) is 69.7 Å². The molecule has 0 aliphatic carbocycles. The second-order valence-corrected chi connectivity index (χ2v) is 10.2. The third kappa shape index (κ3) is 4.60. The van der Waals surface area contributed by atoms with Crippen molar-refractivity contribution < 1.29 is 18.8 Å². The van der Waals surface area contributed by atoms with Gasteiger partial charge in [0.25, 0.3) is 11.1 Å². The normalized spacial score (nSPS) is 18.3. The fourth-order valence-corrected chi connectivity index (χ4v) is 4.99. The summed E-state index contributed by atoms with van der Waals surface area (Å²) < 4.78 is 13.0. The summed E-state index contributed by atoms with van der Waals surface area (Å²) in [7, 11) is 2.00. The molecule has 2 aliphatic heterocycles. The zero-order valence-corrected chi connectivity index (χ0v) is 20.7. The van der Waals surface area contributed by atoms with Crippen LogP contribution in [-0.2, 0) is 9.59 Å². The molecule has 176 valence electrons. The van der Waals surface area contributed by atoms with E-state index in [2.05, 4.69) is 30.1 Å². The van der Waals surface area contributed by atoms with E-state index in [-0.39, 0.29) is 10.4 Å². The number of nitrogens with one attached hydrogen (secondary N) is 1. The number of allylic oxidation sites excluding steroid dienone is 1. The third-order valence-corrected chi connectivity index (χ3v) is 7.16. The number of carbonyl (C=O) groups excluding carboxylic acids is 3. The minimum atomic E-state index is -0.566. The van der Waals surface area contributed by atoms with E-state index in [1.807, 2.05) is 26.1 Å². The van der Waals surface area contributed by atoms with Crippen molar-refractivity contribution in [2.45, 2.75) is 26.3 Å². The number of amides is 3. The molecule has 3 amide bonds. The number of thioether (sulfide) groups is 1. The second kappa shape index (κ2) is 8.92. The van der Waals surface area contributed by atoms with Gasteiger partial charge in [-0.3, -0.25) is 19.3 Å². The lowest BCUT2D eigenvalue weighted by molar-refractivity contribution is -0.127. The lowest BCUT2D eigenvalue weighted by Crippen LogP contribution is -2.42. The first-order valence-electron chi connectivity index (χ1n) is 10.5. The van der Waals surface area contributed by atoms with Crippen LogP contribution in [-0.4, -0.2) is 41.1 Å². The first-order chi connectivity index (χ1) is 16.0. The number of hydrogen-bond acceptors (Lipinski definition) is 5. The van der Waals surface area contributed by atoms with Gasteiger partial charge in [0, 0.05) is 29.0 Å². The zero-order valence-electron chi connectivity index (χ0n) is 19.1.